The number of aliphatic hydroxyl groups excluding tert-OH is 1. The Labute approximate surface area is 139 Å². The van der Waals surface area contributed by atoms with Crippen molar-refractivity contribution < 1.29 is 5.11 Å². The Bertz CT molecular complexity index is 797. The van der Waals surface area contributed by atoms with E-state index in [-0.39, 0.29) is 17.7 Å². The number of rotatable bonds is 2. The van der Waals surface area contributed by atoms with E-state index in [0.717, 1.165) is 48.3 Å². The van der Waals surface area contributed by atoms with Gasteiger partial charge >= 0.3 is 0 Å². The Balaban J connectivity index is 1.74. The molecule has 1 saturated heterocycles. The first-order chi connectivity index (χ1) is 11.0. The topological polar surface area (TPSA) is 69.2 Å². The lowest BCUT2D eigenvalue weighted by atomic mass is 9.89. The van der Waals surface area contributed by atoms with E-state index < -0.39 is 0 Å². The number of aliphatic hydroxyl groups is 1. The zero-order valence-electron chi connectivity index (χ0n) is 13.6. The summed E-state index contributed by atoms with van der Waals surface area (Å²) >= 11 is 1.69. The zero-order valence-corrected chi connectivity index (χ0v) is 14.4. The number of H-pyrrole nitrogens is 1. The number of nitrogens with one attached hydrogen (secondary N) is 1. The maximum atomic E-state index is 12.6. The van der Waals surface area contributed by atoms with E-state index in [9.17, 15) is 9.90 Å². The maximum Gasteiger partial charge on any atom is 0.259 e. The van der Waals surface area contributed by atoms with Crippen LogP contribution in [0.3, 0.4) is 0 Å². The van der Waals surface area contributed by atoms with Gasteiger partial charge in [-0.15, -0.1) is 11.3 Å². The SMILES string of the molecule is CC1CCc2c(sc3nc(C(C)N4CC[C@H](O)C4)[nH]c(=O)c23)C1. The quantitative estimate of drug-likeness (QED) is 0.884. The van der Waals surface area contributed by atoms with Gasteiger partial charge in [-0.25, -0.2) is 4.98 Å². The molecule has 0 saturated carbocycles. The van der Waals surface area contributed by atoms with Crippen molar-refractivity contribution in [1.29, 1.82) is 0 Å². The molecular weight excluding hydrogens is 310 g/mol. The summed E-state index contributed by atoms with van der Waals surface area (Å²) in [6.07, 6.45) is 3.75. The lowest BCUT2D eigenvalue weighted by molar-refractivity contribution is 0.161. The van der Waals surface area contributed by atoms with Gasteiger partial charge in [-0.2, -0.15) is 0 Å². The van der Waals surface area contributed by atoms with Gasteiger partial charge in [0.15, 0.2) is 0 Å². The number of hydrogen-bond donors (Lipinski definition) is 2. The molecule has 0 aromatic carbocycles. The van der Waals surface area contributed by atoms with E-state index in [1.807, 2.05) is 0 Å². The smallest absolute Gasteiger partial charge is 0.259 e. The second-order valence-electron chi connectivity index (χ2n) is 7.10. The number of thiophene rings is 1. The van der Waals surface area contributed by atoms with Crippen LogP contribution in [0.5, 0.6) is 0 Å². The van der Waals surface area contributed by atoms with Crippen molar-refractivity contribution in [2.75, 3.05) is 13.1 Å². The average molecular weight is 333 g/mol. The van der Waals surface area contributed by atoms with Crippen LogP contribution in [0.15, 0.2) is 4.79 Å². The summed E-state index contributed by atoms with van der Waals surface area (Å²) in [6.45, 7) is 5.83. The van der Waals surface area contributed by atoms with Crippen molar-refractivity contribution in [1.82, 2.24) is 14.9 Å². The lowest BCUT2D eigenvalue weighted by Crippen LogP contribution is -2.28. The molecule has 6 heteroatoms. The highest BCUT2D eigenvalue weighted by atomic mass is 32.1. The number of likely N-dealkylation sites (tertiary alicyclic amines) is 1. The fraction of sp³-hybridized carbons (Fsp3) is 0.647. The summed E-state index contributed by atoms with van der Waals surface area (Å²) in [5.41, 5.74) is 1.23. The van der Waals surface area contributed by atoms with E-state index in [2.05, 4.69) is 23.7 Å². The van der Waals surface area contributed by atoms with Crippen LogP contribution in [0.25, 0.3) is 10.2 Å². The highest BCUT2D eigenvalue weighted by molar-refractivity contribution is 7.18. The first kappa shape index (κ1) is 15.3. The molecule has 2 unspecified atom stereocenters. The van der Waals surface area contributed by atoms with Crippen LogP contribution in [0.2, 0.25) is 0 Å². The van der Waals surface area contributed by atoms with Gasteiger partial charge in [-0.1, -0.05) is 6.92 Å². The minimum atomic E-state index is -0.261. The minimum absolute atomic E-state index is 0.00338. The van der Waals surface area contributed by atoms with Crippen molar-refractivity contribution in [2.24, 2.45) is 5.92 Å². The van der Waals surface area contributed by atoms with E-state index >= 15 is 0 Å². The molecule has 124 valence electrons. The van der Waals surface area contributed by atoms with Gasteiger partial charge in [0.2, 0.25) is 0 Å². The Kier molecular flexibility index (Phi) is 3.78. The summed E-state index contributed by atoms with van der Waals surface area (Å²) in [5.74, 6) is 1.42. The third-order valence-electron chi connectivity index (χ3n) is 5.32. The van der Waals surface area contributed by atoms with Crippen LogP contribution in [0.4, 0.5) is 0 Å². The van der Waals surface area contributed by atoms with Gasteiger partial charge in [0, 0.05) is 18.0 Å². The number of aryl methyl sites for hydroxylation is 1. The van der Waals surface area contributed by atoms with Crippen molar-refractivity contribution in [3.63, 3.8) is 0 Å². The van der Waals surface area contributed by atoms with Crippen molar-refractivity contribution in [3.8, 4) is 0 Å². The van der Waals surface area contributed by atoms with Gasteiger partial charge < -0.3 is 10.1 Å². The van der Waals surface area contributed by atoms with Crippen molar-refractivity contribution in [3.05, 3.63) is 26.6 Å². The molecule has 3 heterocycles. The summed E-state index contributed by atoms with van der Waals surface area (Å²) in [4.78, 5) is 24.8. The van der Waals surface area contributed by atoms with Crippen molar-refractivity contribution in [2.45, 2.75) is 51.7 Å². The summed E-state index contributed by atoms with van der Waals surface area (Å²) in [5, 5.41) is 10.5. The van der Waals surface area contributed by atoms with Crippen LogP contribution in [-0.4, -0.2) is 39.2 Å². The van der Waals surface area contributed by atoms with Gasteiger partial charge in [0.25, 0.3) is 5.56 Å². The molecule has 0 amide bonds. The average Bonchev–Trinajstić information content (AvgIpc) is 3.09. The first-order valence-corrected chi connectivity index (χ1v) is 9.31. The fourth-order valence-electron chi connectivity index (χ4n) is 3.86. The van der Waals surface area contributed by atoms with Gasteiger partial charge in [-0.3, -0.25) is 9.69 Å². The zero-order chi connectivity index (χ0) is 16.1. The van der Waals surface area contributed by atoms with E-state index in [1.54, 1.807) is 11.3 Å². The van der Waals surface area contributed by atoms with Crippen LogP contribution in [0, 0.1) is 5.92 Å². The Morgan fingerprint density at radius 2 is 2.26 bits per heavy atom. The Hall–Kier alpha value is -1.24. The molecule has 0 bridgehead atoms. The van der Waals surface area contributed by atoms with Crippen molar-refractivity contribution >= 4 is 21.6 Å². The molecule has 2 aromatic rings. The van der Waals surface area contributed by atoms with Crippen LogP contribution in [-0.2, 0) is 12.8 Å². The summed E-state index contributed by atoms with van der Waals surface area (Å²) in [7, 11) is 0. The van der Waals surface area contributed by atoms with E-state index in [4.69, 9.17) is 4.98 Å². The molecule has 4 rings (SSSR count). The van der Waals surface area contributed by atoms with Crippen LogP contribution < -0.4 is 5.56 Å². The van der Waals surface area contributed by atoms with Gasteiger partial charge in [0.1, 0.15) is 10.7 Å². The number of hydrogen-bond acceptors (Lipinski definition) is 5. The highest BCUT2D eigenvalue weighted by Gasteiger charge is 2.28. The van der Waals surface area contributed by atoms with Crippen LogP contribution >= 0.6 is 11.3 Å². The summed E-state index contributed by atoms with van der Waals surface area (Å²) < 4.78 is 0. The molecule has 2 aromatic heterocycles. The molecule has 0 spiro atoms. The third-order valence-corrected chi connectivity index (χ3v) is 6.47. The van der Waals surface area contributed by atoms with Gasteiger partial charge in [-0.05, 0) is 44.1 Å². The monoisotopic (exact) mass is 333 g/mol. The molecule has 5 nitrogen and oxygen atoms in total. The molecule has 23 heavy (non-hydrogen) atoms. The second kappa shape index (κ2) is 5.69. The maximum absolute atomic E-state index is 12.6. The standard InChI is InChI=1S/C17H23N3O2S/c1-9-3-4-12-13(7-9)23-17-14(12)16(22)18-15(19-17)10(2)20-6-5-11(21)8-20/h9-11,21H,3-8H2,1-2H3,(H,18,19,22)/t9?,10?,11-/m0/s1. The molecule has 1 fully saturated rings. The second-order valence-corrected chi connectivity index (χ2v) is 8.18. The Morgan fingerprint density at radius 3 is 3.00 bits per heavy atom. The largest absolute Gasteiger partial charge is 0.392 e. The molecule has 0 radical (unpaired) electrons. The number of aromatic nitrogens is 2. The molecule has 1 aliphatic carbocycles. The first-order valence-electron chi connectivity index (χ1n) is 8.49. The predicted octanol–water partition coefficient (Wildman–Crippen LogP) is 2.24. The van der Waals surface area contributed by atoms with E-state index in [1.165, 1.54) is 10.4 Å². The Morgan fingerprint density at radius 1 is 1.43 bits per heavy atom. The van der Waals surface area contributed by atoms with E-state index in [0.29, 0.717) is 12.5 Å². The van der Waals surface area contributed by atoms with Gasteiger partial charge in [0.05, 0.1) is 17.5 Å². The number of nitrogens with zero attached hydrogens (tertiary/aromatic N) is 2. The molecular formula is C17H23N3O2S. The predicted molar refractivity (Wildman–Crippen MR) is 92.0 cm³/mol. The molecule has 2 N–H and O–H groups in total. The molecule has 3 atom stereocenters. The highest BCUT2D eigenvalue weighted by Crippen LogP contribution is 2.36. The number of fused-ring (bicyclic) bond motifs is 3. The van der Waals surface area contributed by atoms with Crippen LogP contribution in [0.1, 0.15) is 49.0 Å². The lowest BCUT2D eigenvalue weighted by Gasteiger charge is -2.22. The number of β-amino-alcohol motifs (C(OH)–C–C–N with tert-alkyl or cyclic N) is 1. The fourth-order valence-corrected chi connectivity index (χ4v) is 5.25. The third kappa shape index (κ3) is 2.62. The normalized spacial score (nSPS) is 26.6. The molecule has 2 aliphatic rings. The molecule has 1 aliphatic heterocycles. The summed E-state index contributed by atoms with van der Waals surface area (Å²) in [6, 6.07) is 0.0299. The number of aromatic amines is 1. The minimum Gasteiger partial charge on any atom is -0.392 e.